The van der Waals surface area contributed by atoms with Crippen molar-refractivity contribution in [1.82, 2.24) is 4.57 Å². The molecule has 0 aliphatic heterocycles. The van der Waals surface area contributed by atoms with Gasteiger partial charge in [-0.2, -0.15) is 12.1 Å². The molecular formula is C15H11BrF2NO2Y-. The third-order valence-corrected chi connectivity index (χ3v) is 3.37. The Morgan fingerprint density at radius 1 is 1.41 bits per heavy atom. The topological polar surface area (TPSA) is 31.2 Å². The zero-order valence-electron chi connectivity index (χ0n) is 11.7. The zero-order chi connectivity index (χ0) is 15.6. The predicted molar refractivity (Wildman–Crippen MR) is 79.3 cm³/mol. The summed E-state index contributed by atoms with van der Waals surface area (Å²) in [7, 11) is 1.42. The van der Waals surface area contributed by atoms with E-state index in [1.807, 2.05) is 0 Å². The van der Waals surface area contributed by atoms with E-state index in [0.29, 0.717) is 0 Å². The van der Waals surface area contributed by atoms with Crippen molar-refractivity contribution in [3.63, 3.8) is 0 Å². The summed E-state index contributed by atoms with van der Waals surface area (Å²) in [6.07, 6.45) is 1.47. The third kappa shape index (κ3) is 3.92. The van der Waals surface area contributed by atoms with Gasteiger partial charge in [0, 0.05) is 51.9 Å². The van der Waals surface area contributed by atoms with Gasteiger partial charge in [-0.3, -0.25) is 4.79 Å². The molecule has 0 saturated carbocycles. The van der Waals surface area contributed by atoms with Crippen molar-refractivity contribution >= 4 is 15.9 Å². The molecule has 0 spiro atoms. The molecular weight excluding hydrogens is 433 g/mol. The van der Waals surface area contributed by atoms with Gasteiger partial charge in [0.05, 0.1) is 11.6 Å². The maximum atomic E-state index is 14.1. The number of rotatable bonds is 4. The monoisotopic (exact) mass is 443 g/mol. The van der Waals surface area contributed by atoms with Crippen LogP contribution in [0.25, 0.3) is 11.3 Å². The number of aromatic nitrogens is 1. The van der Waals surface area contributed by atoms with Crippen LogP contribution in [-0.4, -0.2) is 11.2 Å². The summed E-state index contributed by atoms with van der Waals surface area (Å²) in [6.45, 7) is 3.60. The number of pyridine rings is 1. The fourth-order valence-electron chi connectivity index (χ4n) is 1.81. The Morgan fingerprint density at radius 2 is 2.00 bits per heavy atom. The Morgan fingerprint density at radius 3 is 2.55 bits per heavy atom. The van der Waals surface area contributed by atoms with Crippen LogP contribution in [0.5, 0.6) is 5.75 Å². The summed E-state index contributed by atoms with van der Waals surface area (Å²) in [6, 6.07) is 6.13. The van der Waals surface area contributed by atoms with Gasteiger partial charge in [-0.1, -0.05) is 18.3 Å². The fourth-order valence-corrected chi connectivity index (χ4v) is 2.19. The maximum absolute atomic E-state index is 14.1. The van der Waals surface area contributed by atoms with Gasteiger partial charge < -0.3 is 9.30 Å². The first-order valence-electron chi connectivity index (χ1n) is 5.96. The number of halogens is 3. The second-order valence-electron chi connectivity index (χ2n) is 4.21. The van der Waals surface area contributed by atoms with E-state index in [9.17, 15) is 13.6 Å². The van der Waals surface area contributed by atoms with Crippen LogP contribution >= 0.6 is 15.9 Å². The second-order valence-corrected chi connectivity index (χ2v) is 5.07. The van der Waals surface area contributed by atoms with Crippen LogP contribution in [0.3, 0.4) is 0 Å². The smallest absolute Gasteiger partial charge is 0.208 e. The molecule has 0 aliphatic carbocycles. The first-order chi connectivity index (χ1) is 9.95. The summed E-state index contributed by atoms with van der Waals surface area (Å²) in [5.41, 5.74) is -0.712. The average Bonchev–Trinajstić information content (AvgIpc) is 2.44. The van der Waals surface area contributed by atoms with Crippen molar-refractivity contribution in [2.75, 3.05) is 6.61 Å². The van der Waals surface area contributed by atoms with Gasteiger partial charge in [-0.05, 0) is 10.0 Å². The van der Waals surface area contributed by atoms with Crippen molar-refractivity contribution in [1.29, 1.82) is 0 Å². The van der Waals surface area contributed by atoms with Crippen LogP contribution in [0.1, 0.15) is 0 Å². The second kappa shape index (κ2) is 8.13. The Bertz CT molecular complexity index is 739. The first-order valence-corrected chi connectivity index (χ1v) is 6.75. The standard InChI is InChI=1S/C15H11BrF2NO2.Y/c1-3-6-21-9-7-11(17)14(12(18)8-9)13-5-4-10(16)15(20)19(13)2;/h3-4,7-8H,1,6H2,2H3;/q-1;. The van der Waals surface area contributed by atoms with Crippen LogP contribution in [0.2, 0.25) is 0 Å². The number of hydrogen-bond acceptors (Lipinski definition) is 2. The Labute approximate surface area is 160 Å². The van der Waals surface area contributed by atoms with Gasteiger partial charge in [-0.25, -0.2) is 8.78 Å². The third-order valence-electron chi connectivity index (χ3n) is 2.80. The van der Waals surface area contributed by atoms with Crippen molar-refractivity contribution < 1.29 is 46.2 Å². The van der Waals surface area contributed by atoms with E-state index in [-0.39, 0.29) is 60.8 Å². The minimum absolute atomic E-state index is 0. The molecule has 1 aromatic carbocycles. The van der Waals surface area contributed by atoms with Crippen LogP contribution in [0, 0.1) is 17.7 Å². The normalized spacial score (nSPS) is 10.0. The Kier molecular flexibility index (Phi) is 7.10. The molecule has 0 bridgehead atoms. The number of hydrogen-bond donors (Lipinski definition) is 0. The number of ether oxygens (including phenoxy) is 1. The molecule has 0 unspecified atom stereocenters. The summed E-state index contributed by atoms with van der Waals surface area (Å²) < 4.78 is 34.8. The van der Waals surface area contributed by atoms with Crippen LogP contribution in [-0.2, 0) is 39.8 Å². The summed E-state index contributed by atoms with van der Waals surface area (Å²) in [5.74, 6) is -1.61. The molecule has 2 rings (SSSR count). The largest absolute Gasteiger partial charge is 0.489 e. The predicted octanol–water partition coefficient (Wildman–Crippen LogP) is 3.46. The van der Waals surface area contributed by atoms with Crippen molar-refractivity contribution in [2.24, 2.45) is 7.05 Å². The number of benzene rings is 1. The van der Waals surface area contributed by atoms with Crippen molar-refractivity contribution in [2.45, 2.75) is 0 Å². The van der Waals surface area contributed by atoms with Gasteiger partial charge in [0.15, 0.2) is 0 Å². The van der Waals surface area contributed by atoms with Crippen LogP contribution in [0.4, 0.5) is 8.78 Å². The minimum Gasteiger partial charge on any atom is -0.489 e. The van der Waals surface area contributed by atoms with Gasteiger partial charge in [0.25, 0.3) is 0 Å². The van der Waals surface area contributed by atoms with Gasteiger partial charge in [-0.15, -0.1) is 15.9 Å². The van der Waals surface area contributed by atoms with Gasteiger partial charge in [0.2, 0.25) is 5.56 Å². The van der Waals surface area contributed by atoms with Crippen molar-refractivity contribution in [3.8, 4) is 17.0 Å². The molecule has 3 nitrogen and oxygen atoms in total. The SMILES string of the molecule is C=CCOc1cc(F)c(-c2[c-]cc(Br)c(=O)n2C)c(F)c1.[Y]. The van der Waals surface area contributed by atoms with Gasteiger partial charge in [0.1, 0.15) is 12.4 Å². The Hall–Kier alpha value is -0.846. The van der Waals surface area contributed by atoms with Gasteiger partial charge >= 0.3 is 0 Å². The van der Waals surface area contributed by atoms with E-state index in [2.05, 4.69) is 28.6 Å². The fraction of sp³-hybridized carbons (Fsp3) is 0.133. The average molecular weight is 444 g/mol. The van der Waals surface area contributed by atoms with Crippen LogP contribution < -0.4 is 10.3 Å². The molecule has 1 heterocycles. The van der Waals surface area contributed by atoms with E-state index in [0.717, 1.165) is 16.7 Å². The molecule has 0 fully saturated rings. The van der Waals surface area contributed by atoms with E-state index >= 15 is 0 Å². The van der Waals surface area contributed by atoms with E-state index in [1.165, 1.54) is 19.2 Å². The summed E-state index contributed by atoms with van der Waals surface area (Å²) in [5, 5.41) is 0. The van der Waals surface area contributed by atoms with E-state index < -0.39 is 17.2 Å². The molecule has 0 aliphatic rings. The van der Waals surface area contributed by atoms with E-state index in [4.69, 9.17) is 4.74 Å². The molecule has 0 saturated heterocycles. The first kappa shape index (κ1) is 19.2. The summed E-state index contributed by atoms with van der Waals surface area (Å²) >= 11 is 3.05. The molecule has 0 amide bonds. The quantitative estimate of drug-likeness (QED) is 0.535. The van der Waals surface area contributed by atoms with E-state index in [1.54, 1.807) is 0 Å². The molecule has 0 N–H and O–H groups in total. The minimum atomic E-state index is -0.831. The molecule has 0 atom stereocenters. The summed E-state index contributed by atoms with van der Waals surface area (Å²) in [4.78, 5) is 11.8. The molecule has 1 radical (unpaired) electrons. The molecule has 22 heavy (non-hydrogen) atoms. The van der Waals surface area contributed by atoms with Crippen LogP contribution in [0.15, 0.2) is 40.1 Å². The molecule has 2 aromatic rings. The van der Waals surface area contributed by atoms with Crippen molar-refractivity contribution in [3.05, 3.63) is 63.4 Å². The molecule has 7 heteroatoms. The molecule has 113 valence electrons. The Balaban J connectivity index is 0.00000242. The number of nitrogens with zero attached hydrogens (tertiary/aromatic N) is 1. The zero-order valence-corrected chi connectivity index (χ0v) is 16.1. The molecule has 1 aromatic heterocycles. The maximum Gasteiger partial charge on any atom is 0.208 e.